The fourth-order valence-corrected chi connectivity index (χ4v) is 7.09. The Morgan fingerprint density at radius 3 is 2.81 bits per heavy atom. The van der Waals surface area contributed by atoms with Crippen LogP contribution in [-0.2, 0) is 16.6 Å². The second-order valence-electron chi connectivity index (χ2n) is 9.90. The minimum absolute atomic E-state index is 0. The third kappa shape index (κ3) is 1.89. The van der Waals surface area contributed by atoms with Crippen LogP contribution in [0, 0.1) is 12.8 Å². The van der Waals surface area contributed by atoms with E-state index in [2.05, 4.69) is 26.1 Å². The number of ether oxygens (including phenoxy) is 1. The topological polar surface area (TPSA) is 46.5 Å². The van der Waals surface area contributed by atoms with E-state index in [4.69, 9.17) is 4.74 Å². The Bertz CT molecular complexity index is 846. The van der Waals surface area contributed by atoms with E-state index < -0.39 is 17.1 Å². The van der Waals surface area contributed by atoms with Crippen molar-refractivity contribution in [2.45, 2.75) is 76.0 Å². The second kappa shape index (κ2) is 5.15. The summed E-state index contributed by atoms with van der Waals surface area (Å²) < 4.78 is 7.30. The molecule has 1 unspecified atom stereocenters. The number of likely N-dealkylation sites (N-methyl/N-ethyl adjacent to an activating group) is 1. The Morgan fingerprint density at radius 2 is 2.07 bits per heavy atom. The van der Waals surface area contributed by atoms with Crippen LogP contribution in [0.2, 0.25) is 0 Å². The molecule has 4 heteroatoms. The number of nitrogens with zero attached hydrogens (tertiary/aromatic N) is 1. The van der Waals surface area contributed by atoms with Crippen molar-refractivity contribution in [1.82, 2.24) is 0 Å². The number of benzene rings is 1. The van der Waals surface area contributed by atoms with Crippen LogP contribution in [0.25, 0.3) is 0 Å². The number of aliphatic hydroxyl groups is 1. The van der Waals surface area contributed by atoms with Crippen molar-refractivity contribution in [2.24, 2.45) is 5.92 Å². The van der Waals surface area contributed by atoms with Crippen LogP contribution < -0.4 is 4.74 Å². The molecule has 1 spiro atoms. The van der Waals surface area contributed by atoms with Crippen LogP contribution in [0.5, 0.6) is 5.75 Å². The summed E-state index contributed by atoms with van der Waals surface area (Å²) in [5, 5.41) is 12.2. The van der Waals surface area contributed by atoms with Crippen LogP contribution in [0.4, 0.5) is 0 Å². The average Bonchev–Trinajstić information content (AvgIpc) is 3.32. The first-order valence-electron chi connectivity index (χ1n) is 10.3. The van der Waals surface area contributed by atoms with Gasteiger partial charge in [-0.25, -0.2) is 0 Å². The van der Waals surface area contributed by atoms with Crippen LogP contribution in [0.15, 0.2) is 12.1 Å². The van der Waals surface area contributed by atoms with E-state index in [1.807, 2.05) is 0 Å². The van der Waals surface area contributed by atoms with Crippen LogP contribution in [0.1, 0.15) is 56.2 Å². The zero-order valence-electron chi connectivity index (χ0n) is 15.8. The van der Waals surface area contributed by atoms with Crippen molar-refractivity contribution in [2.75, 3.05) is 20.1 Å². The number of hydrogen-bond acceptors (Lipinski definition) is 3. The van der Waals surface area contributed by atoms with Gasteiger partial charge in [0.2, 0.25) is 0 Å². The molecule has 0 radical (unpaired) electrons. The molecule has 2 saturated carbocycles. The molecule has 2 bridgehead atoms. The van der Waals surface area contributed by atoms with Gasteiger partial charge in [-0.05, 0) is 37.3 Å². The quantitative estimate of drug-likeness (QED) is 0.815. The first kappa shape index (κ1) is 17.7. The van der Waals surface area contributed by atoms with Gasteiger partial charge in [0, 0.05) is 30.7 Å². The highest BCUT2D eigenvalue weighted by molar-refractivity contribution is 5.89. The Balaban J connectivity index is 0.00000160. The van der Waals surface area contributed by atoms with Gasteiger partial charge in [0.15, 0.2) is 11.9 Å². The lowest BCUT2D eigenvalue weighted by atomic mass is 9.48. The van der Waals surface area contributed by atoms with Crippen molar-refractivity contribution in [3.8, 4) is 5.75 Å². The smallest absolute Gasteiger partial charge is 0.174 e. The number of quaternary nitrogens is 1. The largest absolute Gasteiger partial charge is 0.481 e. The monoisotopic (exact) mass is 370 g/mol. The summed E-state index contributed by atoms with van der Waals surface area (Å²) in [6, 6.07) is 4.55. The van der Waals surface area contributed by atoms with Crippen LogP contribution >= 0.6 is 0 Å². The van der Waals surface area contributed by atoms with Gasteiger partial charge in [-0.15, -0.1) is 0 Å². The zero-order valence-corrected chi connectivity index (χ0v) is 15.8. The predicted octanol–water partition coefficient (Wildman–Crippen LogP) is 2.91. The molecule has 4 nitrogen and oxygen atoms in total. The molecule has 1 N–H and O–H groups in total. The highest BCUT2D eigenvalue weighted by Gasteiger charge is 2.76. The number of hydrogen-bond donors (Lipinski definition) is 1. The van der Waals surface area contributed by atoms with Gasteiger partial charge in [0.1, 0.15) is 17.4 Å². The number of likely N-dealkylation sites (tertiary alicyclic amines) is 1. The molecule has 5 atom stereocenters. The van der Waals surface area contributed by atoms with Gasteiger partial charge in [0.25, 0.3) is 0 Å². The molecule has 2 heterocycles. The Morgan fingerprint density at radius 1 is 1.30 bits per heavy atom. The van der Waals surface area contributed by atoms with Crippen molar-refractivity contribution < 1.29 is 19.1 Å². The lowest BCUT2D eigenvalue weighted by Crippen LogP contribution is -2.80. The normalized spacial score (nSPS) is 43.6. The fraction of sp³-hybridized carbons (Fsp3) is 0.696. The van der Waals surface area contributed by atoms with Gasteiger partial charge in [-0.1, -0.05) is 19.6 Å². The molecule has 1 aromatic carbocycles. The molecule has 5 aliphatic rings. The fourth-order valence-electron chi connectivity index (χ4n) is 7.09. The van der Waals surface area contributed by atoms with Crippen LogP contribution in [0.3, 0.4) is 0 Å². The minimum Gasteiger partial charge on any atom is -0.481 e. The van der Waals surface area contributed by atoms with Crippen molar-refractivity contribution in [3.05, 3.63) is 28.8 Å². The molecule has 6 rings (SSSR count). The van der Waals surface area contributed by atoms with Gasteiger partial charge in [0.05, 0.1) is 25.6 Å². The molecule has 0 amide bonds. The summed E-state index contributed by atoms with van der Waals surface area (Å²) in [6.07, 6.45) is 5.03. The maximum absolute atomic E-state index is 12.9. The molecule has 3 aliphatic carbocycles. The Kier molecular flexibility index (Phi) is 3.37. The third-order valence-electron chi connectivity index (χ3n) is 8.49. The first-order chi connectivity index (χ1) is 12.4. The summed E-state index contributed by atoms with van der Waals surface area (Å²) >= 11 is 0. The van der Waals surface area contributed by atoms with E-state index in [1.165, 1.54) is 30.5 Å². The molecule has 2 aliphatic heterocycles. The molecular formula is C23H32NO3+. The number of carbonyl (C=O) groups excluding carboxylic acids is 1. The van der Waals surface area contributed by atoms with Gasteiger partial charge >= 0.3 is 0 Å². The molecule has 27 heavy (non-hydrogen) atoms. The number of carbonyl (C=O) groups is 1. The van der Waals surface area contributed by atoms with Gasteiger partial charge in [-0.2, -0.15) is 0 Å². The lowest BCUT2D eigenvalue weighted by Gasteiger charge is -2.64. The third-order valence-corrected chi connectivity index (χ3v) is 8.49. The molecular weight excluding hydrogens is 338 g/mol. The molecule has 146 valence electrons. The summed E-state index contributed by atoms with van der Waals surface area (Å²) in [4.78, 5) is 12.9. The predicted molar refractivity (Wildman–Crippen MR) is 104 cm³/mol. The van der Waals surface area contributed by atoms with Crippen molar-refractivity contribution in [3.63, 3.8) is 0 Å². The number of piperidine rings is 1. The zero-order chi connectivity index (χ0) is 17.9. The first-order valence-corrected chi connectivity index (χ1v) is 10.3. The number of rotatable bonds is 2. The highest BCUT2D eigenvalue weighted by atomic mass is 16.5. The Labute approximate surface area is 162 Å². The standard InChI is InChI=1S/C22H28NO3.CH4/c1-13-3-6-15-11-17-22(25)8-7-16(24)20-21(22,18(15)19(13)26-20)9-10-23(17,2)12-14-4-5-14;/h3,6,14,17,20,25H,4-5,7-12H2,1-2H3;1H4/q+1;/t17-,20+,21+,22-,23?;/m1./s1. The Hall–Kier alpha value is -1.39. The number of aryl methyl sites for hydroxylation is 1. The van der Waals surface area contributed by atoms with Crippen molar-refractivity contribution >= 4 is 5.78 Å². The molecule has 1 aromatic rings. The molecule has 3 fully saturated rings. The van der Waals surface area contributed by atoms with Gasteiger partial charge in [-0.3, -0.25) is 4.79 Å². The second-order valence-corrected chi connectivity index (χ2v) is 9.90. The van der Waals surface area contributed by atoms with E-state index in [-0.39, 0.29) is 19.3 Å². The highest BCUT2D eigenvalue weighted by Crippen LogP contribution is 2.65. The summed E-state index contributed by atoms with van der Waals surface area (Å²) in [6.45, 7) is 4.29. The summed E-state index contributed by atoms with van der Waals surface area (Å²) in [5.41, 5.74) is 2.27. The number of ketones is 1. The molecule has 1 saturated heterocycles. The SMILES string of the molecule is C.Cc1ccc2c3c1O[C@H]1C(=O)CC[C@@]4(O)[C@@H](C2)[N+](C)(CC2CC2)CC[C@]314. The average molecular weight is 371 g/mol. The molecule has 0 aromatic heterocycles. The summed E-state index contributed by atoms with van der Waals surface area (Å²) in [7, 11) is 2.36. The van der Waals surface area contributed by atoms with E-state index in [9.17, 15) is 9.90 Å². The van der Waals surface area contributed by atoms with E-state index >= 15 is 0 Å². The maximum Gasteiger partial charge on any atom is 0.174 e. The lowest BCUT2D eigenvalue weighted by molar-refractivity contribution is -0.950. The van der Waals surface area contributed by atoms with Crippen molar-refractivity contribution in [1.29, 1.82) is 0 Å². The van der Waals surface area contributed by atoms with Crippen LogP contribution in [-0.4, -0.2) is 53.3 Å². The number of Topliss-reactive ketones (excluding diaryl/α,β-unsaturated/α-hetero) is 1. The maximum atomic E-state index is 12.9. The van der Waals surface area contributed by atoms with E-state index in [1.54, 1.807) is 0 Å². The van der Waals surface area contributed by atoms with E-state index in [0.29, 0.717) is 12.8 Å². The van der Waals surface area contributed by atoms with E-state index in [0.717, 1.165) is 41.1 Å². The minimum atomic E-state index is -0.820. The van der Waals surface area contributed by atoms with Gasteiger partial charge < -0.3 is 14.3 Å². The summed E-state index contributed by atoms with van der Waals surface area (Å²) in [5.74, 6) is 1.92.